The maximum absolute atomic E-state index is 11.7. The number of rotatable bonds is 6. The highest BCUT2D eigenvalue weighted by Gasteiger charge is 2.57. The van der Waals surface area contributed by atoms with Gasteiger partial charge in [-0.15, -0.1) is 0 Å². The van der Waals surface area contributed by atoms with Crippen molar-refractivity contribution in [3.8, 4) is 5.75 Å². The van der Waals surface area contributed by atoms with Crippen LogP contribution in [0.15, 0.2) is 24.3 Å². The molecule has 0 radical (unpaired) electrons. The molecule has 1 atom stereocenters. The van der Waals surface area contributed by atoms with E-state index in [2.05, 4.69) is 12.1 Å². The number of ether oxygens (including phenoxy) is 3. The van der Waals surface area contributed by atoms with Gasteiger partial charge in [-0.05, 0) is 68.6 Å². The van der Waals surface area contributed by atoms with E-state index in [0.29, 0.717) is 19.1 Å². The van der Waals surface area contributed by atoms with E-state index in [4.69, 9.17) is 14.2 Å². The number of aliphatic hydroxyl groups excluding tert-OH is 1. The summed E-state index contributed by atoms with van der Waals surface area (Å²) in [6, 6.07) is 8.25. The highest BCUT2D eigenvalue weighted by molar-refractivity contribution is 6.31. The van der Waals surface area contributed by atoms with Crippen molar-refractivity contribution < 1.29 is 28.9 Å². The van der Waals surface area contributed by atoms with Gasteiger partial charge in [-0.1, -0.05) is 19.1 Å². The highest BCUT2D eigenvalue weighted by Crippen LogP contribution is 2.39. The molecule has 1 spiro atoms. The molecule has 7 heteroatoms. The van der Waals surface area contributed by atoms with E-state index in [1.807, 2.05) is 24.0 Å². The van der Waals surface area contributed by atoms with E-state index in [0.717, 1.165) is 57.2 Å². The summed E-state index contributed by atoms with van der Waals surface area (Å²) in [5.74, 6) is -1.76. The summed E-state index contributed by atoms with van der Waals surface area (Å²) in [7, 11) is 0. The van der Waals surface area contributed by atoms with Crippen LogP contribution >= 0.6 is 0 Å². The minimum atomic E-state index is -1.25. The largest absolute Gasteiger partial charge is 0.494 e. The van der Waals surface area contributed by atoms with Crippen LogP contribution in [0.3, 0.4) is 0 Å². The van der Waals surface area contributed by atoms with Gasteiger partial charge in [-0.3, -0.25) is 0 Å². The van der Waals surface area contributed by atoms with Crippen molar-refractivity contribution in [3.05, 3.63) is 29.8 Å². The van der Waals surface area contributed by atoms with Gasteiger partial charge in [0.1, 0.15) is 5.75 Å². The number of piperidine rings is 1. The Labute approximate surface area is 177 Å². The molecule has 2 aliphatic heterocycles. The number of aliphatic hydroxyl groups is 1. The maximum atomic E-state index is 11.7. The average Bonchev–Trinajstić information content (AvgIpc) is 3.05. The fourth-order valence-electron chi connectivity index (χ4n) is 4.90. The Bertz CT molecular complexity index is 739. The van der Waals surface area contributed by atoms with Crippen LogP contribution in [0.2, 0.25) is 0 Å². The van der Waals surface area contributed by atoms with E-state index >= 15 is 0 Å². The van der Waals surface area contributed by atoms with Crippen molar-refractivity contribution >= 4 is 11.9 Å². The van der Waals surface area contributed by atoms with Gasteiger partial charge in [0.2, 0.25) is 0 Å². The van der Waals surface area contributed by atoms with Crippen LogP contribution in [0, 0.1) is 5.92 Å². The average molecular weight is 418 g/mol. The van der Waals surface area contributed by atoms with E-state index in [1.54, 1.807) is 0 Å². The minimum Gasteiger partial charge on any atom is -0.494 e. The summed E-state index contributed by atoms with van der Waals surface area (Å²) in [5.41, 5.74) is 1.31. The van der Waals surface area contributed by atoms with Crippen LogP contribution in [-0.2, 0) is 19.1 Å². The third kappa shape index (κ3) is 4.32. The quantitative estimate of drug-likeness (QED) is 0.433. The Kier molecular flexibility index (Phi) is 6.29. The molecule has 7 nitrogen and oxygen atoms in total. The van der Waals surface area contributed by atoms with Crippen molar-refractivity contribution in [2.75, 3.05) is 19.7 Å². The van der Waals surface area contributed by atoms with Crippen molar-refractivity contribution in [1.29, 1.82) is 0 Å². The number of hydrogen-bond acceptors (Lipinski definition) is 7. The molecular weight excluding hydrogens is 386 g/mol. The van der Waals surface area contributed by atoms with E-state index in [1.165, 1.54) is 5.56 Å². The molecule has 0 aromatic heterocycles. The summed E-state index contributed by atoms with van der Waals surface area (Å²) in [6.07, 6.45) is 6.24. The smallest absolute Gasteiger partial charge is 0.421 e. The predicted molar refractivity (Wildman–Crippen MR) is 109 cm³/mol. The normalized spacial score (nSPS) is 28.9. The molecule has 2 heterocycles. The van der Waals surface area contributed by atoms with Crippen molar-refractivity contribution in [2.24, 2.45) is 5.92 Å². The standard InChI is InChI=1S/C23H31NO6/c1-16-4-2-13-24(23(16)29-21(26)22(27)30-23)14-3-15-28-20-11-7-18(8-12-20)17-5-9-19(25)10-6-17/h7-8,11-12,16-17,19,25H,2-6,9-10,13-15H2,1H3/t16-,17?,19?/m0/s1. The van der Waals surface area contributed by atoms with Crippen LogP contribution in [0.5, 0.6) is 5.75 Å². The zero-order chi connectivity index (χ0) is 21.1. The Balaban J connectivity index is 1.26. The fraction of sp³-hybridized carbons (Fsp3) is 0.652. The molecule has 3 fully saturated rings. The number of carbonyl (C=O) groups excluding carboxylic acids is 2. The third-order valence-corrected chi connectivity index (χ3v) is 6.66. The Morgan fingerprint density at radius 3 is 2.40 bits per heavy atom. The highest BCUT2D eigenvalue weighted by atomic mass is 16.8. The summed E-state index contributed by atoms with van der Waals surface area (Å²) < 4.78 is 16.7. The number of benzene rings is 1. The molecular formula is C23H31NO6. The molecule has 30 heavy (non-hydrogen) atoms. The van der Waals surface area contributed by atoms with E-state index < -0.39 is 17.8 Å². The first kappa shape index (κ1) is 21.1. The van der Waals surface area contributed by atoms with Gasteiger partial charge in [0.25, 0.3) is 0 Å². The molecule has 1 aliphatic carbocycles. The van der Waals surface area contributed by atoms with Crippen LogP contribution in [0.1, 0.15) is 63.4 Å². The van der Waals surface area contributed by atoms with Crippen LogP contribution in [0.25, 0.3) is 0 Å². The first-order valence-corrected chi connectivity index (χ1v) is 11.1. The molecule has 164 valence electrons. The Morgan fingerprint density at radius 1 is 1.07 bits per heavy atom. The zero-order valence-electron chi connectivity index (χ0n) is 17.5. The van der Waals surface area contributed by atoms with Gasteiger partial charge in [0, 0.05) is 13.1 Å². The molecule has 1 aromatic rings. The first-order chi connectivity index (χ1) is 14.5. The number of carbonyl (C=O) groups is 2. The molecule has 1 saturated carbocycles. The van der Waals surface area contributed by atoms with Gasteiger partial charge in [-0.25, -0.2) is 14.5 Å². The van der Waals surface area contributed by atoms with Gasteiger partial charge < -0.3 is 19.3 Å². The lowest BCUT2D eigenvalue weighted by atomic mass is 9.83. The fourth-order valence-corrected chi connectivity index (χ4v) is 4.90. The lowest BCUT2D eigenvalue weighted by Crippen LogP contribution is -2.58. The molecule has 2 saturated heterocycles. The lowest BCUT2D eigenvalue weighted by molar-refractivity contribution is -0.288. The summed E-state index contributed by atoms with van der Waals surface area (Å²) >= 11 is 0. The molecule has 0 unspecified atom stereocenters. The minimum absolute atomic E-state index is 0.0592. The second-order valence-corrected chi connectivity index (χ2v) is 8.72. The second kappa shape index (κ2) is 8.94. The van der Waals surface area contributed by atoms with Gasteiger partial charge in [0.15, 0.2) is 0 Å². The Hall–Kier alpha value is -2.12. The number of likely N-dealkylation sites (tertiary alicyclic amines) is 1. The second-order valence-electron chi connectivity index (χ2n) is 8.72. The third-order valence-electron chi connectivity index (χ3n) is 6.66. The van der Waals surface area contributed by atoms with Gasteiger partial charge in [-0.2, -0.15) is 0 Å². The zero-order valence-corrected chi connectivity index (χ0v) is 17.5. The summed E-state index contributed by atoms with van der Waals surface area (Å²) in [6.45, 7) is 3.81. The van der Waals surface area contributed by atoms with Crippen molar-refractivity contribution in [1.82, 2.24) is 4.90 Å². The maximum Gasteiger partial charge on any atom is 0.421 e. The van der Waals surface area contributed by atoms with Crippen LogP contribution < -0.4 is 4.74 Å². The topological polar surface area (TPSA) is 85.3 Å². The molecule has 1 aromatic carbocycles. The van der Waals surface area contributed by atoms with Crippen molar-refractivity contribution in [2.45, 2.75) is 69.8 Å². The molecule has 0 bridgehead atoms. The predicted octanol–water partition coefficient (Wildman–Crippen LogP) is 2.96. The van der Waals surface area contributed by atoms with Gasteiger partial charge >= 0.3 is 17.8 Å². The number of hydrogen-bond donors (Lipinski definition) is 1. The molecule has 0 amide bonds. The van der Waals surface area contributed by atoms with Crippen LogP contribution in [0.4, 0.5) is 0 Å². The summed E-state index contributed by atoms with van der Waals surface area (Å²) in [4.78, 5) is 25.3. The molecule has 3 aliphatic rings. The number of nitrogens with zero attached hydrogens (tertiary/aromatic N) is 1. The lowest BCUT2D eigenvalue weighted by Gasteiger charge is -2.44. The Morgan fingerprint density at radius 2 is 1.73 bits per heavy atom. The summed E-state index contributed by atoms with van der Waals surface area (Å²) in [5, 5.41) is 9.67. The van der Waals surface area contributed by atoms with E-state index in [9.17, 15) is 14.7 Å². The van der Waals surface area contributed by atoms with Gasteiger partial charge in [0.05, 0.1) is 18.6 Å². The SMILES string of the molecule is C[C@H]1CCCN(CCCOc2ccc(C3CCC(O)CC3)cc2)C12OC(=O)C(=O)O2. The monoisotopic (exact) mass is 417 g/mol. The number of esters is 2. The van der Waals surface area contributed by atoms with E-state index in [-0.39, 0.29) is 12.0 Å². The van der Waals surface area contributed by atoms with Crippen molar-refractivity contribution in [3.63, 3.8) is 0 Å². The molecule has 4 rings (SSSR count). The molecule has 1 N–H and O–H groups in total. The van der Waals surface area contributed by atoms with Crippen LogP contribution in [-0.4, -0.2) is 53.7 Å². The first-order valence-electron chi connectivity index (χ1n) is 11.1.